The number of aromatic nitrogens is 1. The molecular formula is C21H26N6O. The Morgan fingerprint density at radius 2 is 2.25 bits per heavy atom. The van der Waals surface area contributed by atoms with Gasteiger partial charge in [0.05, 0.1) is 11.1 Å². The van der Waals surface area contributed by atoms with E-state index < -0.39 is 0 Å². The van der Waals surface area contributed by atoms with Crippen molar-refractivity contribution in [3.05, 3.63) is 46.2 Å². The third-order valence-electron chi connectivity index (χ3n) is 5.50. The number of pyridine rings is 1. The lowest BCUT2D eigenvalue weighted by atomic mass is 9.80. The van der Waals surface area contributed by atoms with Gasteiger partial charge in [0, 0.05) is 24.7 Å². The smallest absolute Gasteiger partial charge is 0.243 e. The van der Waals surface area contributed by atoms with E-state index in [-0.39, 0.29) is 18.1 Å². The lowest BCUT2D eigenvalue weighted by Crippen LogP contribution is -2.35. The minimum absolute atomic E-state index is 0.130. The minimum atomic E-state index is -0.130. The summed E-state index contributed by atoms with van der Waals surface area (Å²) in [6.45, 7) is 8.23. The highest BCUT2D eigenvalue weighted by atomic mass is 16.7. The Morgan fingerprint density at radius 3 is 3.04 bits per heavy atom. The monoisotopic (exact) mass is 378 g/mol. The van der Waals surface area contributed by atoms with E-state index in [1.54, 1.807) is 12.3 Å². The van der Waals surface area contributed by atoms with E-state index in [0.29, 0.717) is 22.8 Å². The first-order valence-electron chi connectivity index (χ1n) is 9.83. The number of hydrogen-bond acceptors (Lipinski definition) is 7. The van der Waals surface area contributed by atoms with Crippen LogP contribution in [-0.4, -0.2) is 36.2 Å². The van der Waals surface area contributed by atoms with Crippen LogP contribution in [-0.2, 0) is 4.84 Å². The van der Waals surface area contributed by atoms with Gasteiger partial charge in [-0.15, -0.1) is 5.48 Å². The summed E-state index contributed by atoms with van der Waals surface area (Å²) in [6, 6.07) is 4.18. The summed E-state index contributed by atoms with van der Waals surface area (Å²) in [5, 5.41) is 16.1. The third-order valence-corrected chi connectivity index (χ3v) is 5.50. The molecule has 28 heavy (non-hydrogen) atoms. The van der Waals surface area contributed by atoms with Crippen LogP contribution in [0.15, 0.2) is 40.1 Å². The molecule has 7 heteroatoms. The van der Waals surface area contributed by atoms with Crippen LogP contribution in [0, 0.1) is 17.2 Å². The van der Waals surface area contributed by atoms with Crippen LogP contribution in [0.1, 0.15) is 44.7 Å². The zero-order valence-corrected chi connectivity index (χ0v) is 16.5. The zero-order chi connectivity index (χ0) is 19.7. The van der Waals surface area contributed by atoms with Crippen molar-refractivity contribution in [1.29, 1.82) is 5.26 Å². The van der Waals surface area contributed by atoms with E-state index in [1.807, 2.05) is 13.8 Å². The van der Waals surface area contributed by atoms with Gasteiger partial charge >= 0.3 is 0 Å². The molecule has 0 saturated carbocycles. The standard InChI is InChI=1S/C21H26N6O/c1-12(2)25-19-15(9-22)8-16(11-24-19)21-26-20(27-28-21)18-5-4-14-10-23-7-6-17(14)13(18)3/h4,8,11-12,18,20,23,27H,5-7,10H2,1-3H3,(H,24,25). The number of hydroxylamine groups is 1. The van der Waals surface area contributed by atoms with Crippen LogP contribution in [0.5, 0.6) is 0 Å². The van der Waals surface area contributed by atoms with Gasteiger partial charge in [-0.3, -0.25) is 0 Å². The fraction of sp³-hybridized carbons (Fsp3) is 0.476. The van der Waals surface area contributed by atoms with Gasteiger partial charge in [0.15, 0.2) is 0 Å². The molecule has 2 atom stereocenters. The Balaban J connectivity index is 1.56. The van der Waals surface area contributed by atoms with Gasteiger partial charge in [0.25, 0.3) is 0 Å². The van der Waals surface area contributed by atoms with Crippen molar-refractivity contribution >= 4 is 11.7 Å². The molecular weight excluding hydrogens is 352 g/mol. The number of allylic oxidation sites excluding steroid dienone is 1. The number of anilines is 1. The molecule has 0 spiro atoms. The number of aliphatic imine (C=N–C) groups is 1. The predicted octanol–water partition coefficient (Wildman–Crippen LogP) is 2.64. The predicted molar refractivity (Wildman–Crippen MR) is 109 cm³/mol. The summed E-state index contributed by atoms with van der Waals surface area (Å²) >= 11 is 0. The van der Waals surface area contributed by atoms with E-state index in [2.05, 4.69) is 40.2 Å². The van der Waals surface area contributed by atoms with Crippen LogP contribution in [0.3, 0.4) is 0 Å². The van der Waals surface area contributed by atoms with E-state index in [1.165, 1.54) is 16.7 Å². The minimum Gasteiger partial charge on any atom is -0.386 e. The number of nitrogens with zero attached hydrogens (tertiary/aromatic N) is 3. The molecule has 0 amide bonds. The molecule has 1 aromatic heterocycles. The average molecular weight is 378 g/mol. The van der Waals surface area contributed by atoms with Crippen molar-refractivity contribution in [1.82, 2.24) is 15.8 Å². The van der Waals surface area contributed by atoms with Crippen molar-refractivity contribution < 1.29 is 4.84 Å². The van der Waals surface area contributed by atoms with E-state index in [4.69, 9.17) is 9.83 Å². The topological polar surface area (TPSA) is 94.4 Å². The molecule has 0 aromatic carbocycles. The van der Waals surface area contributed by atoms with Gasteiger partial charge in [-0.1, -0.05) is 11.6 Å². The van der Waals surface area contributed by atoms with E-state index in [9.17, 15) is 5.26 Å². The van der Waals surface area contributed by atoms with Crippen molar-refractivity contribution in [2.45, 2.75) is 45.8 Å². The third kappa shape index (κ3) is 3.53. The maximum atomic E-state index is 9.46. The summed E-state index contributed by atoms with van der Waals surface area (Å²) in [7, 11) is 0. The number of rotatable bonds is 4. The quantitative estimate of drug-likeness (QED) is 0.746. The molecule has 4 rings (SSSR count). The van der Waals surface area contributed by atoms with E-state index >= 15 is 0 Å². The molecule has 0 bridgehead atoms. The molecule has 3 aliphatic rings. The molecule has 1 saturated heterocycles. The Bertz CT molecular complexity index is 908. The summed E-state index contributed by atoms with van der Waals surface area (Å²) < 4.78 is 0. The van der Waals surface area contributed by atoms with Gasteiger partial charge < -0.3 is 15.5 Å². The summed E-state index contributed by atoms with van der Waals surface area (Å²) in [4.78, 5) is 14.8. The van der Waals surface area contributed by atoms with Crippen molar-refractivity contribution in [2.75, 3.05) is 18.4 Å². The highest BCUT2D eigenvalue weighted by Crippen LogP contribution is 2.36. The fourth-order valence-electron chi connectivity index (χ4n) is 4.04. The number of piperidine rings is 1. The second kappa shape index (κ2) is 7.74. The highest BCUT2D eigenvalue weighted by Gasteiger charge is 2.33. The second-order valence-corrected chi connectivity index (χ2v) is 7.79. The molecule has 2 aliphatic heterocycles. The van der Waals surface area contributed by atoms with Gasteiger partial charge in [-0.05, 0) is 57.4 Å². The summed E-state index contributed by atoms with van der Waals surface area (Å²) in [6.07, 6.45) is 5.91. The van der Waals surface area contributed by atoms with Gasteiger partial charge in [-0.25, -0.2) is 9.98 Å². The van der Waals surface area contributed by atoms with Crippen LogP contribution < -0.4 is 16.1 Å². The molecule has 1 aliphatic carbocycles. The summed E-state index contributed by atoms with van der Waals surface area (Å²) in [5.41, 5.74) is 8.57. The van der Waals surface area contributed by atoms with Gasteiger partial charge in [-0.2, -0.15) is 5.26 Å². The summed E-state index contributed by atoms with van der Waals surface area (Å²) in [5.74, 6) is 1.35. The molecule has 2 unspecified atom stereocenters. The first-order valence-corrected chi connectivity index (χ1v) is 9.83. The molecule has 1 fully saturated rings. The lowest BCUT2D eigenvalue weighted by Gasteiger charge is -2.31. The Labute approximate surface area is 165 Å². The average Bonchev–Trinajstić information content (AvgIpc) is 3.18. The lowest BCUT2D eigenvalue weighted by molar-refractivity contribution is 0.158. The van der Waals surface area contributed by atoms with E-state index in [0.717, 1.165) is 25.9 Å². The first-order chi connectivity index (χ1) is 13.6. The largest absolute Gasteiger partial charge is 0.386 e. The molecule has 7 nitrogen and oxygen atoms in total. The normalized spacial score (nSPS) is 24.2. The SMILES string of the molecule is CC1=C2CCNCC2=CCC1C1N=C(c2cnc(NC(C)C)c(C#N)c2)ON1. The fourth-order valence-corrected chi connectivity index (χ4v) is 4.04. The van der Waals surface area contributed by atoms with Crippen LogP contribution in [0.4, 0.5) is 5.82 Å². The van der Waals surface area contributed by atoms with Gasteiger partial charge in [0.2, 0.25) is 5.90 Å². The Kier molecular flexibility index (Phi) is 5.16. The highest BCUT2D eigenvalue weighted by molar-refractivity contribution is 5.95. The molecule has 146 valence electrons. The van der Waals surface area contributed by atoms with Crippen LogP contribution in [0.25, 0.3) is 0 Å². The van der Waals surface area contributed by atoms with Crippen LogP contribution in [0.2, 0.25) is 0 Å². The van der Waals surface area contributed by atoms with Crippen LogP contribution >= 0.6 is 0 Å². The molecule has 3 N–H and O–H groups in total. The Hall–Kier alpha value is -2.69. The maximum absolute atomic E-state index is 9.46. The number of nitrogens with one attached hydrogen (secondary N) is 3. The molecule has 3 heterocycles. The van der Waals surface area contributed by atoms with Crippen molar-refractivity contribution in [3.8, 4) is 6.07 Å². The second-order valence-electron chi connectivity index (χ2n) is 7.79. The molecule has 1 aromatic rings. The molecule has 0 radical (unpaired) electrons. The number of fused-ring (bicyclic) bond motifs is 1. The van der Waals surface area contributed by atoms with Crippen molar-refractivity contribution in [2.24, 2.45) is 10.9 Å². The maximum Gasteiger partial charge on any atom is 0.243 e. The Morgan fingerprint density at radius 1 is 1.39 bits per heavy atom. The first kappa shape index (κ1) is 18.7. The van der Waals surface area contributed by atoms with Gasteiger partial charge in [0.1, 0.15) is 18.1 Å². The zero-order valence-electron chi connectivity index (χ0n) is 16.5. The number of nitriles is 1. The van der Waals surface area contributed by atoms with Crippen molar-refractivity contribution in [3.63, 3.8) is 0 Å². The number of hydrogen-bond donors (Lipinski definition) is 3.